The van der Waals surface area contributed by atoms with E-state index in [-0.39, 0.29) is 10.8 Å². The number of aryl methyl sites for hydroxylation is 2. The number of hydrogen-bond acceptors (Lipinski definition) is 5. The van der Waals surface area contributed by atoms with Gasteiger partial charge in [-0.3, -0.25) is 9.52 Å². The van der Waals surface area contributed by atoms with Crippen molar-refractivity contribution in [2.75, 3.05) is 18.8 Å². The summed E-state index contributed by atoms with van der Waals surface area (Å²) < 4.78 is 29.1. The van der Waals surface area contributed by atoms with Crippen molar-refractivity contribution in [3.63, 3.8) is 0 Å². The van der Waals surface area contributed by atoms with E-state index < -0.39 is 10.0 Å². The van der Waals surface area contributed by atoms with Crippen molar-refractivity contribution in [1.29, 1.82) is 0 Å². The maximum absolute atomic E-state index is 13.2. The lowest BCUT2D eigenvalue weighted by Gasteiger charge is -2.14. The van der Waals surface area contributed by atoms with Crippen LogP contribution < -0.4 is 4.72 Å². The highest BCUT2D eigenvalue weighted by molar-refractivity contribution is 7.92. The summed E-state index contributed by atoms with van der Waals surface area (Å²) in [7, 11) is -0.554. The van der Waals surface area contributed by atoms with Crippen molar-refractivity contribution in [3.8, 4) is 11.1 Å². The lowest BCUT2D eigenvalue weighted by molar-refractivity contribution is 0.0833. The van der Waals surface area contributed by atoms with E-state index in [1.165, 1.54) is 28.4 Å². The SMILES string of the molecule is Cc1cccc(-c2c(C(=O)N(C)C)sc3nc(C)cc(NS(=O)(=O)c4cccc(Cl)c4)c23)c1. The Morgan fingerprint density at radius 3 is 2.45 bits per heavy atom. The molecule has 0 bridgehead atoms. The highest BCUT2D eigenvalue weighted by Crippen LogP contribution is 2.43. The van der Waals surface area contributed by atoms with E-state index in [2.05, 4.69) is 9.71 Å². The van der Waals surface area contributed by atoms with Crippen molar-refractivity contribution < 1.29 is 13.2 Å². The molecule has 0 atom stereocenters. The lowest BCUT2D eigenvalue weighted by atomic mass is 9.99. The molecule has 9 heteroatoms. The molecule has 0 aliphatic rings. The third kappa shape index (κ3) is 4.59. The summed E-state index contributed by atoms with van der Waals surface area (Å²) in [4.78, 5) is 20.3. The zero-order valence-corrected chi connectivity index (χ0v) is 20.9. The molecular formula is C24H22ClN3O3S2. The first-order valence-corrected chi connectivity index (χ1v) is 12.8. The molecule has 0 unspecified atom stereocenters. The van der Waals surface area contributed by atoms with Gasteiger partial charge in [0.2, 0.25) is 0 Å². The molecule has 33 heavy (non-hydrogen) atoms. The summed E-state index contributed by atoms with van der Waals surface area (Å²) in [5, 5.41) is 0.913. The molecule has 0 aliphatic carbocycles. The fourth-order valence-corrected chi connectivity index (χ4v) is 6.22. The van der Waals surface area contributed by atoms with Gasteiger partial charge >= 0.3 is 0 Å². The summed E-state index contributed by atoms with van der Waals surface area (Å²) in [6, 6.07) is 15.5. The summed E-state index contributed by atoms with van der Waals surface area (Å²) in [6.07, 6.45) is 0. The number of rotatable bonds is 5. The summed E-state index contributed by atoms with van der Waals surface area (Å²) >= 11 is 7.27. The molecule has 1 N–H and O–H groups in total. The van der Waals surface area contributed by atoms with Gasteiger partial charge in [0.25, 0.3) is 15.9 Å². The van der Waals surface area contributed by atoms with Gasteiger partial charge < -0.3 is 4.90 Å². The zero-order chi connectivity index (χ0) is 23.9. The molecule has 0 saturated carbocycles. The molecular weight excluding hydrogens is 478 g/mol. The summed E-state index contributed by atoms with van der Waals surface area (Å²) in [5.74, 6) is -0.171. The van der Waals surface area contributed by atoms with Gasteiger partial charge in [-0.2, -0.15) is 0 Å². The second-order valence-electron chi connectivity index (χ2n) is 7.93. The fraction of sp³-hybridized carbons (Fsp3) is 0.167. The Bertz CT molecular complexity index is 1490. The number of benzene rings is 2. The van der Waals surface area contributed by atoms with Gasteiger partial charge in [-0.1, -0.05) is 47.5 Å². The van der Waals surface area contributed by atoms with E-state index in [4.69, 9.17) is 11.6 Å². The Kier molecular flexibility index (Phi) is 6.18. The minimum Gasteiger partial charge on any atom is -0.344 e. The van der Waals surface area contributed by atoms with Gasteiger partial charge in [0.05, 0.1) is 10.6 Å². The van der Waals surface area contributed by atoms with Crippen LogP contribution in [-0.4, -0.2) is 38.3 Å². The topological polar surface area (TPSA) is 79.4 Å². The third-order valence-corrected chi connectivity index (χ3v) is 7.72. The molecule has 0 saturated heterocycles. The van der Waals surface area contributed by atoms with Crippen molar-refractivity contribution in [1.82, 2.24) is 9.88 Å². The van der Waals surface area contributed by atoms with Crippen LogP contribution >= 0.6 is 22.9 Å². The molecule has 0 radical (unpaired) electrons. The number of nitrogens with zero attached hydrogens (tertiary/aromatic N) is 2. The second kappa shape index (κ2) is 8.78. The van der Waals surface area contributed by atoms with Crippen LogP contribution in [0.3, 0.4) is 0 Å². The first-order valence-electron chi connectivity index (χ1n) is 10.1. The number of aromatic nitrogens is 1. The molecule has 2 aromatic heterocycles. The summed E-state index contributed by atoms with van der Waals surface area (Å²) in [5.41, 5.74) is 3.50. The van der Waals surface area contributed by atoms with Crippen molar-refractivity contribution in [2.24, 2.45) is 0 Å². The smallest absolute Gasteiger partial charge is 0.264 e. The number of nitrogens with one attached hydrogen (secondary N) is 1. The van der Waals surface area contributed by atoms with E-state index in [0.717, 1.165) is 11.1 Å². The molecule has 0 fully saturated rings. The molecule has 2 heterocycles. The zero-order valence-electron chi connectivity index (χ0n) is 18.5. The van der Waals surface area contributed by atoms with Crippen LogP contribution in [0, 0.1) is 13.8 Å². The van der Waals surface area contributed by atoms with Crippen LogP contribution in [0.2, 0.25) is 5.02 Å². The largest absolute Gasteiger partial charge is 0.344 e. The minimum atomic E-state index is -3.93. The average Bonchev–Trinajstić information content (AvgIpc) is 3.12. The van der Waals surface area contributed by atoms with Gasteiger partial charge in [0.1, 0.15) is 9.71 Å². The van der Waals surface area contributed by atoms with E-state index in [1.807, 2.05) is 31.2 Å². The Morgan fingerprint density at radius 1 is 1.06 bits per heavy atom. The molecule has 170 valence electrons. The second-order valence-corrected chi connectivity index (χ2v) is 11.0. The number of thiophene rings is 1. The minimum absolute atomic E-state index is 0.0505. The van der Waals surface area contributed by atoms with Gasteiger partial charge in [-0.25, -0.2) is 13.4 Å². The van der Waals surface area contributed by atoms with E-state index in [0.29, 0.717) is 37.1 Å². The Labute approximate surface area is 201 Å². The Hall–Kier alpha value is -2.94. The van der Waals surface area contributed by atoms with E-state index in [9.17, 15) is 13.2 Å². The number of amides is 1. The number of hydrogen-bond donors (Lipinski definition) is 1. The molecule has 4 rings (SSSR count). The molecule has 4 aromatic rings. The van der Waals surface area contributed by atoms with Crippen molar-refractivity contribution >= 4 is 54.8 Å². The molecule has 1 amide bonds. The van der Waals surface area contributed by atoms with Crippen LogP contribution in [0.25, 0.3) is 21.3 Å². The Balaban J connectivity index is 2.00. The number of anilines is 1. The van der Waals surface area contributed by atoms with Crippen LogP contribution in [-0.2, 0) is 10.0 Å². The average molecular weight is 500 g/mol. The van der Waals surface area contributed by atoms with Crippen molar-refractivity contribution in [3.05, 3.63) is 75.8 Å². The van der Waals surface area contributed by atoms with Crippen molar-refractivity contribution in [2.45, 2.75) is 18.7 Å². The molecule has 0 aliphatic heterocycles. The lowest BCUT2D eigenvalue weighted by Crippen LogP contribution is -2.21. The highest BCUT2D eigenvalue weighted by atomic mass is 35.5. The number of carbonyl (C=O) groups excluding carboxylic acids is 1. The van der Waals surface area contributed by atoms with E-state index >= 15 is 0 Å². The maximum Gasteiger partial charge on any atom is 0.264 e. The monoisotopic (exact) mass is 499 g/mol. The van der Waals surface area contributed by atoms with Gasteiger partial charge in [-0.05, 0) is 43.7 Å². The normalized spacial score (nSPS) is 11.5. The maximum atomic E-state index is 13.2. The predicted octanol–water partition coefficient (Wildman–Crippen LogP) is 5.74. The predicted molar refractivity (Wildman–Crippen MR) is 135 cm³/mol. The van der Waals surface area contributed by atoms with Gasteiger partial charge in [-0.15, -0.1) is 11.3 Å². The standard InChI is InChI=1S/C24H22ClN3O3S2/c1-14-7-5-8-16(11-14)20-21-19(27-33(30,31)18-10-6-9-17(25)13-18)12-15(2)26-23(21)32-22(20)24(29)28(3)4/h5-13H,1-4H3,(H,26,27). The first-order chi connectivity index (χ1) is 15.6. The molecule has 2 aromatic carbocycles. The van der Waals surface area contributed by atoms with Crippen LogP contribution in [0.4, 0.5) is 5.69 Å². The Morgan fingerprint density at radius 2 is 1.79 bits per heavy atom. The molecule has 0 spiro atoms. The number of fused-ring (bicyclic) bond motifs is 1. The van der Waals surface area contributed by atoms with E-state index in [1.54, 1.807) is 39.2 Å². The van der Waals surface area contributed by atoms with Crippen LogP contribution in [0.1, 0.15) is 20.9 Å². The van der Waals surface area contributed by atoms with Crippen LogP contribution in [0.5, 0.6) is 0 Å². The van der Waals surface area contributed by atoms with Crippen LogP contribution in [0.15, 0.2) is 59.5 Å². The number of carbonyl (C=O) groups is 1. The first kappa shape index (κ1) is 23.2. The molecule has 6 nitrogen and oxygen atoms in total. The number of pyridine rings is 1. The number of halogens is 1. The fourth-order valence-electron chi connectivity index (χ4n) is 3.57. The third-order valence-electron chi connectivity index (χ3n) is 5.05. The summed E-state index contributed by atoms with van der Waals surface area (Å²) in [6.45, 7) is 3.76. The van der Waals surface area contributed by atoms with Gasteiger partial charge in [0.15, 0.2) is 0 Å². The number of sulfonamides is 1. The quantitative estimate of drug-likeness (QED) is 0.380. The highest BCUT2D eigenvalue weighted by Gasteiger charge is 2.26. The van der Waals surface area contributed by atoms with Gasteiger partial charge in [0, 0.05) is 35.8 Å².